The zero-order valence-electron chi connectivity index (χ0n) is 8.51. The van der Waals surface area contributed by atoms with Crippen molar-refractivity contribution in [2.24, 2.45) is 0 Å². The molecular weight excluding hydrogens is 200 g/mol. The summed E-state index contributed by atoms with van der Waals surface area (Å²) in [7, 11) is 0. The Bertz CT molecular complexity index is 635. The minimum absolute atomic E-state index is 0.183. The van der Waals surface area contributed by atoms with Crippen LogP contribution in [-0.4, -0.2) is 10.1 Å². The van der Waals surface area contributed by atoms with E-state index in [1.165, 1.54) is 0 Å². The molecule has 3 aromatic rings. The number of anilines is 1. The smallest absolute Gasteiger partial charge is 0.141 e. The predicted octanol–water partition coefficient (Wildman–Crippen LogP) is 2.68. The van der Waals surface area contributed by atoms with Crippen LogP contribution in [0.15, 0.2) is 42.5 Å². The number of para-hydroxylation sites is 2. The van der Waals surface area contributed by atoms with Crippen LogP contribution in [0.3, 0.4) is 0 Å². The third-order valence-corrected chi connectivity index (χ3v) is 2.68. The molecule has 0 saturated carbocycles. The third-order valence-electron chi connectivity index (χ3n) is 2.68. The molecule has 1 heterocycles. The number of benzene rings is 2. The number of fused-ring (bicyclic) bond motifs is 2. The van der Waals surface area contributed by atoms with E-state index >= 15 is 0 Å². The van der Waals surface area contributed by atoms with E-state index < -0.39 is 0 Å². The Balaban J connectivity index is 2.55. The van der Waals surface area contributed by atoms with Crippen molar-refractivity contribution in [3.05, 3.63) is 42.5 Å². The van der Waals surface area contributed by atoms with Gasteiger partial charge in [-0.1, -0.05) is 24.3 Å². The second-order valence-corrected chi connectivity index (χ2v) is 3.76. The van der Waals surface area contributed by atoms with Crippen LogP contribution in [0.25, 0.3) is 21.8 Å². The molecule has 0 atom stereocenters. The van der Waals surface area contributed by atoms with E-state index in [1.54, 1.807) is 18.2 Å². The molecule has 0 unspecified atom stereocenters. The molecule has 2 aromatic carbocycles. The normalized spacial score (nSPS) is 11.0. The van der Waals surface area contributed by atoms with E-state index in [1.807, 2.05) is 24.3 Å². The fraction of sp³-hybridized carbons (Fsp3) is 0. The predicted molar refractivity (Wildman–Crippen MR) is 65.3 cm³/mol. The van der Waals surface area contributed by atoms with Crippen molar-refractivity contribution in [1.29, 1.82) is 0 Å². The number of nitrogen functional groups attached to an aromatic ring is 1. The molecule has 16 heavy (non-hydrogen) atoms. The summed E-state index contributed by atoms with van der Waals surface area (Å²) in [6.45, 7) is 0. The number of nitrogens with two attached hydrogens (primary N) is 1. The number of phenolic OH excluding ortho intramolecular Hbond substituents is 1. The minimum atomic E-state index is 0.183. The highest BCUT2D eigenvalue weighted by Crippen LogP contribution is 2.28. The van der Waals surface area contributed by atoms with Crippen LogP contribution >= 0.6 is 0 Å². The van der Waals surface area contributed by atoms with Gasteiger partial charge in [-0.3, -0.25) is 0 Å². The van der Waals surface area contributed by atoms with E-state index in [0.717, 1.165) is 16.3 Å². The first kappa shape index (κ1) is 8.97. The number of hydrogen-bond donors (Lipinski definition) is 2. The summed E-state index contributed by atoms with van der Waals surface area (Å²) < 4.78 is 0. The van der Waals surface area contributed by atoms with E-state index in [9.17, 15) is 5.11 Å². The maximum Gasteiger partial charge on any atom is 0.141 e. The highest BCUT2D eigenvalue weighted by Gasteiger charge is 2.04. The van der Waals surface area contributed by atoms with Crippen molar-refractivity contribution >= 4 is 27.5 Å². The van der Waals surface area contributed by atoms with Crippen molar-refractivity contribution in [1.82, 2.24) is 4.98 Å². The van der Waals surface area contributed by atoms with E-state index in [2.05, 4.69) is 4.98 Å². The summed E-state index contributed by atoms with van der Waals surface area (Å²) in [6, 6.07) is 13.0. The number of rotatable bonds is 0. The zero-order valence-corrected chi connectivity index (χ0v) is 8.51. The average molecular weight is 210 g/mol. The largest absolute Gasteiger partial charge is 0.506 e. The molecule has 0 amide bonds. The first-order chi connectivity index (χ1) is 7.75. The molecule has 0 saturated heterocycles. The van der Waals surface area contributed by atoms with Crippen LogP contribution in [0.4, 0.5) is 5.69 Å². The van der Waals surface area contributed by atoms with Crippen molar-refractivity contribution in [2.45, 2.75) is 0 Å². The molecule has 0 bridgehead atoms. The SMILES string of the molecule is Nc1cccc2cc3cccc(O)c3nc12. The lowest BCUT2D eigenvalue weighted by Crippen LogP contribution is -1.90. The fourth-order valence-electron chi connectivity index (χ4n) is 1.89. The summed E-state index contributed by atoms with van der Waals surface area (Å²) in [5.41, 5.74) is 7.80. The number of aromatic hydroxyl groups is 1. The lowest BCUT2D eigenvalue weighted by Gasteiger charge is -2.04. The molecular formula is C13H10N2O. The highest BCUT2D eigenvalue weighted by molar-refractivity contribution is 5.99. The van der Waals surface area contributed by atoms with Gasteiger partial charge >= 0.3 is 0 Å². The number of hydrogen-bond acceptors (Lipinski definition) is 3. The minimum Gasteiger partial charge on any atom is -0.506 e. The Kier molecular flexibility index (Phi) is 1.74. The molecule has 3 nitrogen and oxygen atoms in total. The fourth-order valence-corrected chi connectivity index (χ4v) is 1.89. The van der Waals surface area contributed by atoms with Crippen LogP contribution in [0.2, 0.25) is 0 Å². The maximum atomic E-state index is 9.72. The summed E-state index contributed by atoms with van der Waals surface area (Å²) >= 11 is 0. The van der Waals surface area contributed by atoms with Crippen molar-refractivity contribution < 1.29 is 5.11 Å². The molecule has 1 aromatic heterocycles. The van der Waals surface area contributed by atoms with Crippen LogP contribution in [-0.2, 0) is 0 Å². The highest BCUT2D eigenvalue weighted by atomic mass is 16.3. The summed E-state index contributed by atoms with van der Waals surface area (Å²) in [6.07, 6.45) is 0. The average Bonchev–Trinajstić information content (AvgIpc) is 2.28. The van der Waals surface area contributed by atoms with Gasteiger partial charge in [-0.2, -0.15) is 0 Å². The van der Waals surface area contributed by atoms with Gasteiger partial charge in [0.05, 0.1) is 11.2 Å². The third kappa shape index (κ3) is 1.18. The van der Waals surface area contributed by atoms with Crippen molar-refractivity contribution in [2.75, 3.05) is 5.73 Å². The summed E-state index contributed by atoms with van der Waals surface area (Å²) in [5, 5.41) is 11.6. The van der Waals surface area contributed by atoms with E-state index in [-0.39, 0.29) is 5.75 Å². The zero-order chi connectivity index (χ0) is 11.1. The maximum absolute atomic E-state index is 9.72. The van der Waals surface area contributed by atoms with Gasteiger partial charge in [-0.25, -0.2) is 4.98 Å². The van der Waals surface area contributed by atoms with Gasteiger partial charge in [-0.15, -0.1) is 0 Å². The Labute approximate surface area is 92.1 Å². The van der Waals surface area contributed by atoms with E-state index in [0.29, 0.717) is 11.2 Å². The van der Waals surface area contributed by atoms with Gasteiger partial charge in [0.1, 0.15) is 11.3 Å². The van der Waals surface area contributed by atoms with Gasteiger partial charge in [0.25, 0.3) is 0 Å². The van der Waals surface area contributed by atoms with Gasteiger partial charge < -0.3 is 10.8 Å². The van der Waals surface area contributed by atoms with Crippen LogP contribution in [0, 0.1) is 0 Å². The molecule has 0 aliphatic heterocycles. The second-order valence-electron chi connectivity index (χ2n) is 3.76. The molecule has 0 aliphatic carbocycles. The van der Waals surface area contributed by atoms with Crippen LogP contribution in [0.5, 0.6) is 5.75 Å². The lowest BCUT2D eigenvalue weighted by molar-refractivity contribution is 0.480. The first-order valence-electron chi connectivity index (χ1n) is 5.02. The van der Waals surface area contributed by atoms with Gasteiger partial charge in [-0.05, 0) is 18.2 Å². The van der Waals surface area contributed by atoms with Crippen LogP contribution < -0.4 is 5.73 Å². The summed E-state index contributed by atoms with van der Waals surface area (Å²) in [4.78, 5) is 4.40. The van der Waals surface area contributed by atoms with E-state index in [4.69, 9.17) is 5.73 Å². The van der Waals surface area contributed by atoms with Gasteiger partial charge in [0.2, 0.25) is 0 Å². The molecule has 3 rings (SSSR count). The Hall–Kier alpha value is -2.29. The number of nitrogens with zero attached hydrogens (tertiary/aromatic N) is 1. The quantitative estimate of drug-likeness (QED) is 0.443. The Morgan fingerprint density at radius 1 is 0.938 bits per heavy atom. The number of phenols is 1. The Morgan fingerprint density at radius 3 is 2.44 bits per heavy atom. The topological polar surface area (TPSA) is 59.1 Å². The molecule has 0 spiro atoms. The van der Waals surface area contributed by atoms with Crippen molar-refractivity contribution in [3.8, 4) is 5.75 Å². The second kappa shape index (κ2) is 3.10. The van der Waals surface area contributed by atoms with Gasteiger partial charge in [0, 0.05) is 10.8 Å². The number of pyridine rings is 1. The standard InChI is InChI=1S/C13H10N2O/c14-10-5-1-3-8-7-9-4-2-6-11(16)13(9)15-12(8)10/h1-7,16H,14H2. The molecule has 0 radical (unpaired) electrons. The first-order valence-corrected chi connectivity index (χ1v) is 5.02. The van der Waals surface area contributed by atoms with Crippen LogP contribution in [0.1, 0.15) is 0 Å². The molecule has 3 heteroatoms. The summed E-state index contributed by atoms with van der Waals surface area (Å²) in [5.74, 6) is 0.183. The van der Waals surface area contributed by atoms with Crippen molar-refractivity contribution in [3.63, 3.8) is 0 Å². The molecule has 0 fully saturated rings. The van der Waals surface area contributed by atoms with Gasteiger partial charge in [0.15, 0.2) is 0 Å². The Morgan fingerprint density at radius 2 is 1.62 bits per heavy atom. The molecule has 78 valence electrons. The molecule has 0 aliphatic rings. The monoisotopic (exact) mass is 210 g/mol. The lowest BCUT2D eigenvalue weighted by atomic mass is 10.1. The molecule has 3 N–H and O–H groups in total. The number of aromatic nitrogens is 1.